The van der Waals surface area contributed by atoms with Crippen molar-refractivity contribution in [2.75, 3.05) is 92.5 Å². The van der Waals surface area contributed by atoms with Crippen LogP contribution < -0.4 is 0 Å². The van der Waals surface area contributed by atoms with E-state index >= 15 is 0 Å². The second-order valence-electron chi connectivity index (χ2n) is 35.8. The molecule has 0 amide bonds. The lowest BCUT2D eigenvalue weighted by molar-refractivity contribution is -0.138. The molecule has 0 fully saturated rings. The van der Waals surface area contributed by atoms with Gasteiger partial charge in [-0.25, -0.2) is 0 Å². The maximum absolute atomic E-state index is 10.3. The van der Waals surface area contributed by atoms with Gasteiger partial charge >= 0.3 is 29.8 Å². The van der Waals surface area contributed by atoms with Crippen LogP contribution in [-0.2, 0) is 24.0 Å². The van der Waals surface area contributed by atoms with E-state index in [1.807, 2.05) is 0 Å². The van der Waals surface area contributed by atoms with Gasteiger partial charge < -0.3 is 133 Å². The van der Waals surface area contributed by atoms with E-state index in [0.717, 1.165) is 64.2 Å². The van der Waals surface area contributed by atoms with E-state index < -0.39 is 72.6 Å². The first kappa shape index (κ1) is 162. The summed E-state index contributed by atoms with van der Waals surface area (Å²) in [5.41, 5.74) is 0. The molecule has 0 saturated carbocycles. The van der Waals surface area contributed by atoms with E-state index in [9.17, 15) is 24.0 Å². The first-order valence-corrected chi connectivity index (χ1v) is 55.1. The number of aliphatic hydroxyl groups is 21. The van der Waals surface area contributed by atoms with Crippen molar-refractivity contribution in [3.05, 3.63) is 60.8 Å². The summed E-state index contributed by atoms with van der Waals surface area (Å²) in [5, 5.41) is 211. The largest absolute Gasteiger partial charge is 0.481 e. The van der Waals surface area contributed by atoms with Crippen molar-refractivity contribution in [1.82, 2.24) is 0 Å². The van der Waals surface area contributed by atoms with Crippen LogP contribution in [0, 0.1) is 0 Å². The van der Waals surface area contributed by atoms with Crippen LogP contribution in [-0.4, -0.2) is 298 Å². The number of aliphatic hydroxyl groups excluding tert-OH is 21. The summed E-state index contributed by atoms with van der Waals surface area (Å²) in [4.78, 5) is 51.6. The number of hydrogen-bond donors (Lipinski definition) is 26. The van der Waals surface area contributed by atoms with Crippen molar-refractivity contribution in [1.29, 1.82) is 0 Å². The molecule has 0 aromatic rings. The number of allylic oxidation sites excluding steroid dienone is 10. The lowest BCUT2D eigenvalue weighted by atomic mass is 10.1. The second-order valence-corrected chi connectivity index (χ2v) is 35.8. The molecule has 31 heteroatoms. The molecule has 0 radical (unpaired) electrons. The van der Waals surface area contributed by atoms with E-state index in [2.05, 4.69) is 95.4 Å². The number of carboxylic acids is 5. The van der Waals surface area contributed by atoms with Gasteiger partial charge in [-0.2, -0.15) is 0 Å². The molecule has 0 bridgehead atoms. The van der Waals surface area contributed by atoms with Crippen molar-refractivity contribution in [2.24, 2.45) is 0 Å². The topological polar surface area (TPSA) is 611 Å². The first-order chi connectivity index (χ1) is 68.5. The molecule has 0 spiro atoms. The Labute approximate surface area is 862 Å². The van der Waals surface area contributed by atoms with Gasteiger partial charge in [0.05, 0.1) is 92.5 Å². The normalized spacial score (nSPS) is 10.9. The van der Waals surface area contributed by atoms with Crippen LogP contribution >= 0.6 is 0 Å². The SMILES string of the molecule is CCCCCCCC/C=C\CCCCCCCC(=O)O.CCCCCCCC/C=C\CCCCCCCC(=O)O.CCCCCCCC/C=C\CCCCCCCC(=O)O.CCCCCCCC/C=C\CCCCCCCC(=O)O.CCCCCCCC/C=C\CCCCCCCC(=O)O.OCC(O)CO.OCC(O)CO.OCC(O)CO.OCC(O)CO.OCC(O)CO.OCC(O)CO.OCC(O)CO. The molecule has 0 aliphatic carbocycles. The summed E-state index contributed by atoms with van der Waals surface area (Å²) in [5.74, 6) is -3.32. The lowest BCUT2D eigenvalue weighted by Gasteiger charge is -1.99. The van der Waals surface area contributed by atoms with Crippen molar-refractivity contribution < 1.29 is 157 Å². The van der Waals surface area contributed by atoms with Gasteiger partial charge in [0.1, 0.15) is 42.7 Å². The highest BCUT2D eigenvalue weighted by Crippen LogP contribution is 2.17. The highest BCUT2D eigenvalue weighted by Gasteiger charge is 2.05. The zero-order valence-corrected chi connectivity index (χ0v) is 90.4. The van der Waals surface area contributed by atoms with Crippen LogP contribution in [0.4, 0.5) is 0 Å². The number of hydrogen-bond acceptors (Lipinski definition) is 26. The minimum absolute atomic E-state index is 0.332. The Morgan fingerprint density at radius 1 is 0.141 bits per heavy atom. The zero-order chi connectivity index (χ0) is 109. The molecular weight excluding hydrogens is 1830 g/mol. The monoisotopic (exact) mass is 2060 g/mol. The Morgan fingerprint density at radius 3 is 0.289 bits per heavy atom. The van der Waals surface area contributed by atoms with Crippen molar-refractivity contribution in [3.63, 3.8) is 0 Å². The number of carbonyl (C=O) groups is 5. The molecule has 0 rings (SSSR count). The maximum atomic E-state index is 10.3. The summed E-state index contributed by atoms with van der Waals surface area (Å²) in [6, 6.07) is 0. The third kappa shape index (κ3) is 208. The zero-order valence-electron chi connectivity index (χ0n) is 90.4. The van der Waals surface area contributed by atoms with Crippen LogP contribution in [0.25, 0.3) is 0 Å². The number of rotatable bonds is 89. The molecule has 26 N–H and O–H groups in total. The van der Waals surface area contributed by atoms with Crippen LogP contribution in [0.5, 0.6) is 0 Å². The summed E-state index contributed by atoms with van der Waals surface area (Å²) >= 11 is 0. The molecule has 0 aliphatic rings. The summed E-state index contributed by atoms with van der Waals surface area (Å²) in [7, 11) is 0. The standard InChI is InChI=1S/5C18H34O2.7C3H8O3/c5*1-2-3-4-5-6-7-8-9-10-11-12-13-14-15-16-17-18(19)20;7*4-1-3(6)2-5/h5*9-10H,2-8,11-17H2,1H3,(H,19,20);7*3-6H,1-2H2/b5*10-9-;;;;;;;. The first-order valence-electron chi connectivity index (χ1n) is 55.1. The Balaban J connectivity index is -0.000000135. The molecule has 0 atom stereocenters. The maximum Gasteiger partial charge on any atom is 0.303 e. The van der Waals surface area contributed by atoms with Gasteiger partial charge in [0.2, 0.25) is 0 Å². The highest BCUT2D eigenvalue weighted by molar-refractivity contribution is 5.67. The second kappa shape index (κ2) is 159. The van der Waals surface area contributed by atoms with Gasteiger partial charge in [-0.05, 0) is 161 Å². The fourth-order valence-corrected chi connectivity index (χ4v) is 12.1. The van der Waals surface area contributed by atoms with E-state index in [0.29, 0.717) is 32.1 Å². The Hall–Kier alpha value is -4.79. The van der Waals surface area contributed by atoms with Gasteiger partial charge in [-0.3, -0.25) is 24.0 Å². The average molecular weight is 2060 g/mol. The van der Waals surface area contributed by atoms with Crippen molar-refractivity contribution in [2.45, 2.75) is 527 Å². The quantitative estimate of drug-likeness (QED) is 0.0199. The minimum atomic E-state index is -0.954. The van der Waals surface area contributed by atoms with Crippen molar-refractivity contribution in [3.8, 4) is 0 Å². The van der Waals surface area contributed by atoms with E-state index in [1.54, 1.807) is 0 Å². The van der Waals surface area contributed by atoms with Gasteiger partial charge in [0, 0.05) is 32.1 Å². The van der Waals surface area contributed by atoms with Gasteiger partial charge in [-0.15, -0.1) is 0 Å². The van der Waals surface area contributed by atoms with Crippen LogP contribution in [0.3, 0.4) is 0 Å². The molecule has 0 heterocycles. The fraction of sp³-hybridized carbons (Fsp3) is 0.865. The van der Waals surface area contributed by atoms with E-state index in [1.165, 1.54) is 353 Å². The van der Waals surface area contributed by atoms with Gasteiger partial charge in [0.15, 0.2) is 0 Å². The van der Waals surface area contributed by atoms with Crippen LogP contribution in [0.15, 0.2) is 60.8 Å². The Morgan fingerprint density at radius 2 is 0.218 bits per heavy atom. The average Bonchev–Trinajstić information content (AvgIpc) is 1.11. The molecule has 142 heavy (non-hydrogen) atoms. The van der Waals surface area contributed by atoms with E-state index in [-0.39, 0.29) is 92.5 Å². The van der Waals surface area contributed by atoms with Gasteiger partial charge in [0.25, 0.3) is 0 Å². The molecule has 856 valence electrons. The molecule has 31 nitrogen and oxygen atoms in total. The third-order valence-electron chi connectivity index (χ3n) is 21.2. The number of aliphatic carboxylic acids is 5. The smallest absolute Gasteiger partial charge is 0.303 e. The molecule has 0 aromatic carbocycles. The fourth-order valence-electron chi connectivity index (χ4n) is 12.1. The predicted octanol–water partition coefficient (Wildman–Crippen LogP) is 18.9. The molecule has 0 aliphatic heterocycles. The van der Waals surface area contributed by atoms with E-state index in [4.69, 9.17) is 133 Å². The number of carboxylic acid groups (broad SMARTS) is 5. The Bertz CT molecular complexity index is 1990. The lowest BCUT2D eigenvalue weighted by Crippen LogP contribution is -2.15. The number of unbranched alkanes of at least 4 members (excludes halogenated alkanes) is 55. The molecule has 0 aromatic heterocycles. The summed E-state index contributed by atoms with van der Waals surface area (Å²) < 4.78 is 0. The Kier molecular flexibility index (Phi) is 182. The van der Waals surface area contributed by atoms with Crippen LogP contribution in [0.2, 0.25) is 0 Å². The van der Waals surface area contributed by atoms with Crippen molar-refractivity contribution >= 4 is 29.8 Å². The minimum Gasteiger partial charge on any atom is -0.481 e. The third-order valence-corrected chi connectivity index (χ3v) is 21.2. The van der Waals surface area contributed by atoms with Gasteiger partial charge in [-0.1, -0.05) is 352 Å². The molecular formula is C111H226O31. The van der Waals surface area contributed by atoms with Crippen LogP contribution in [0.1, 0.15) is 484 Å². The molecule has 0 unspecified atom stereocenters. The summed E-state index contributed by atoms with van der Waals surface area (Å²) in [6.45, 7) is 6.19. The highest BCUT2D eigenvalue weighted by atomic mass is 16.4. The summed E-state index contributed by atoms with van der Waals surface area (Å²) in [6.07, 6.45) is 99.5. The molecule has 0 saturated heterocycles. The predicted molar refractivity (Wildman–Crippen MR) is 577 cm³/mol.